The topological polar surface area (TPSA) is 101 Å². The summed E-state index contributed by atoms with van der Waals surface area (Å²) >= 11 is 6.12. The van der Waals surface area contributed by atoms with E-state index in [9.17, 15) is 14.4 Å². The van der Waals surface area contributed by atoms with Gasteiger partial charge in [0.25, 0.3) is 5.91 Å². The number of anilines is 2. The molecule has 3 N–H and O–H groups in total. The zero-order chi connectivity index (χ0) is 25.1. The molecular weight excluding hydrogens is 468 g/mol. The molecule has 4 rings (SSSR count). The maximum Gasteiger partial charge on any atom is 0.328 e. The van der Waals surface area contributed by atoms with Crippen molar-refractivity contribution in [1.29, 1.82) is 0 Å². The number of hydrogen-bond donors (Lipinski definition) is 3. The molecule has 4 aromatic rings. The number of halogens is 1. The lowest BCUT2D eigenvalue weighted by Crippen LogP contribution is -2.36. The second kappa shape index (κ2) is 9.90. The fraction of sp³-hybridized carbons (Fsp3) is 0.115. The number of aromatic nitrogens is 1. The number of nitrogens with one attached hydrogen (secondary N) is 3. The van der Waals surface area contributed by atoms with Crippen LogP contribution >= 0.6 is 11.6 Å². The molecule has 8 nitrogen and oxygen atoms in total. The van der Waals surface area contributed by atoms with Crippen LogP contribution in [0.25, 0.3) is 10.9 Å². The molecule has 35 heavy (non-hydrogen) atoms. The van der Waals surface area contributed by atoms with E-state index in [1.54, 1.807) is 67.8 Å². The summed E-state index contributed by atoms with van der Waals surface area (Å²) in [5, 5.41) is 6.46. The highest BCUT2D eigenvalue weighted by atomic mass is 35.5. The first-order valence-electron chi connectivity index (χ1n) is 10.7. The number of benzene rings is 3. The molecule has 1 heterocycles. The number of hydrogen-bond acceptors (Lipinski definition) is 4. The van der Waals surface area contributed by atoms with Gasteiger partial charge in [-0.15, -0.1) is 0 Å². The van der Waals surface area contributed by atoms with Crippen LogP contribution in [0.3, 0.4) is 0 Å². The van der Waals surface area contributed by atoms with Crippen LogP contribution in [-0.4, -0.2) is 29.5 Å². The minimum Gasteiger partial charge on any atom is -0.497 e. The van der Waals surface area contributed by atoms with Gasteiger partial charge in [0, 0.05) is 21.8 Å². The molecule has 0 aliphatic rings. The van der Waals surface area contributed by atoms with Gasteiger partial charge in [0.1, 0.15) is 11.4 Å². The van der Waals surface area contributed by atoms with E-state index in [1.165, 1.54) is 4.68 Å². The van der Waals surface area contributed by atoms with E-state index in [4.69, 9.17) is 16.3 Å². The van der Waals surface area contributed by atoms with E-state index in [1.807, 2.05) is 19.9 Å². The molecule has 0 spiro atoms. The molecule has 178 valence electrons. The van der Waals surface area contributed by atoms with Crippen LogP contribution in [0.2, 0.25) is 5.02 Å². The summed E-state index contributed by atoms with van der Waals surface area (Å²) < 4.78 is 6.41. The van der Waals surface area contributed by atoms with Gasteiger partial charge >= 0.3 is 11.8 Å². The van der Waals surface area contributed by atoms with Crippen molar-refractivity contribution in [3.8, 4) is 5.75 Å². The maximum absolute atomic E-state index is 13.1. The van der Waals surface area contributed by atoms with Crippen molar-refractivity contribution in [3.05, 3.63) is 88.6 Å². The molecule has 3 amide bonds. The number of carbonyl (C=O) groups excluding carboxylic acids is 3. The van der Waals surface area contributed by atoms with Crippen molar-refractivity contribution >= 4 is 51.6 Å². The summed E-state index contributed by atoms with van der Waals surface area (Å²) in [6, 6.07) is 18.8. The number of aryl methyl sites for hydroxylation is 2. The van der Waals surface area contributed by atoms with Crippen LogP contribution in [-0.2, 0) is 9.59 Å². The maximum atomic E-state index is 13.1. The second-order valence-corrected chi connectivity index (χ2v) is 8.46. The van der Waals surface area contributed by atoms with Crippen molar-refractivity contribution in [2.24, 2.45) is 0 Å². The summed E-state index contributed by atoms with van der Waals surface area (Å²) in [5.41, 5.74) is 6.08. The van der Waals surface area contributed by atoms with E-state index in [-0.39, 0.29) is 5.69 Å². The SMILES string of the molecule is COc1ccc(NC(=O)c2cc3cc(Cl)ccc3n2NC(=O)C(=O)Nc2cc(C)cc(C)c2)cc1. The minimum absolute atomic E-state index is 0.116. The second-order valence-electron chi connectivity index (χ2n) is 8.02. The summed E-state index contributed by atoms with van der Waals surface area (Å²) in [6.45, 7) is 3.79. The zero-order valence-electron chi connectivity index (χ0n) is 19.3. The highest BCUT2D eigenvalue weighted by Gasteiger charge is 2.21. The lowest BCUT2D eigenvalue weighted by Gasteiger charge is -2.13. The monoisotopic (exact) mass is 490 g/mol. The molecule has 0 unspecified atom stereocenters. The average Bonchev–Trinajstić information content (AvgIpc) is 3.16. The normalized spacial score (nSPS) is 10.6. The van der Waals surface area contributed by atoms with E-state index < -0.39 is 17.7 Å². The third-order valence-corrected chi connectivity index (χ3v) is 5.48. The average molecular weight is 491 g/mol. The van der Waals surface area contributed by atoms with Gasteiger partial charge in [-0.2, -0.15) is 0 Å². The van der Waals surface area contributed by atoms with E-state index in [2.05, 4.69) is 16.1 Å². The number of rotatable bonds is 5. The third-order valence-electron chi connectivity index (χ3n) is 5.24. The van der Waals surface area contributed by atoms with Crippen LogP contribution in [0.4, 0.5) is 11.4 Å². The van der Waals surface area contributed by atoms with Crippen molar-refractivity contribution in [2.45, 2.75) is 13.8 Å². The fourth-order valence-corrected chi connectivity index (χ4v) is 3.91. The Bertz CT molecular complexity index is 1420. The number of ether oxygens (including phenoxy) is 1. The Hall–Kier alpha value is -4.30. The molecule has 3 aromatic carbocycles. The van der Waals surface area contributed by atoms with Gasteiger partial charge in [-0.1, -0.05) is 17.7 Å². The molecule has 0 saturated heterocycles. The van der Waals surface area contributed by atoms with Crippen LogP contribution in [0.5, 0.6) is 5.75 Å². The van der Waals surface area contributed by atoms with Crippen molar-refractivity contribution < 1.29 is 19.1 Å². The summed E-state index contributed by atoms with van der Waals surface area (Å²) in [7, 11) is 1.55. The first-order valence-corrected chi connectivity index (χ1v) is 11.1. The highest BCUT2D eigenvalue weighted by Crippen LogP contribution is 2.24. The molecule has 0 bridgehead atoms. The Kier molecular flexibility index (Phi) is 6.75. The molecule has 0 saturated carbocycles. The number of amides is 3. The van der Waals surface area contributed by atoms with Gasteiger partial charge in [0.2, 0.25) is 0 Å². The van der Waals surface area contributed by atoms with Gasteiger partial charge in [-0.05, 0) is 85.6 Å². The predicted octanol–water partition coefficient (Wildman–Crippen LogP) is 4.88. The third kappa shape index (κ3) is 5.44. The van der Waals surface area contributed by atoms with Gasteiger partial charge in [-0.3, -0.25) is 19.8 Å². The lowest BCUT2D eigenvalue weighted by atomic mass is 10.1. The zero-order valence-corrected chi connectivity index (χ0v) is 20.1. The van der Waals surface area contributed by atoms with Crippen LogP contribution in [0.1, 0.15) is 21.6 Å². The van der Waals surface area contributed by atoms with Crippen molar-refractivity contribution in [1.82, 2.24) is 4.68 Å². The van der Waals surface area contributed by atoms with Crippen LogP contribution in [0.15, 0.2) is 66.7 Å². The molecule has 0 aliphatic heterocycles. The fourth-order valence-electron chi connectivity index (χ4n) is 3.73. The Balaban J connectivity index is 1.61. The molecule has 1 aromatic heterocycles. The molecule has 0 aliphatic carbocycles. The Morgan fingerprint density at radius 2 is 1.49 bits per heavy atom. The Morgan fingerprint density at radius 1 is 0.800 bits per heavy atom. The summed E-state index contributed by atoms with van der Waals surface area (Å²) in [5.74, 6) is -1.64. The van der Waals surface area contributed by atoms with Crippen LogP contribution < -0.4 is 20.8 Å². The smallest absolute Gasteiger partial charge is 0.328 e. The highest BCUT2D eigenvalue weighted by molar-refractivity contribution is 6.42. The minimum atomic E-state index is -0.935. The first kappa shape index (κ1) is 23.8. The number of carbonyl (C=O) groups is 3. The van der Waals surface area contributed by atoms with Crippen molar-refractivity contribution in [3.63, 3.8) is 0 Å². The Labute approximate surface area is 206 Å². The number of nitrogens with zero attached hydrogens (tertiary/aromatic N) is 1. The predicted molar refractivity (Wildman–Crippen MR) is 137 cm³/mol. The number of methoxy groups -OCH3 is 1. The summed E-state index contributed by atoms with van der Waals surface area (Å²) in [6.07, 6.45) is 0. The molecule has 0 fully saturated rings. The summed E-state index contributed by atoms with van der Waals surface area (Å²) in [4.78, 5) is 38.5. The molecule has 9 heteroatoms. The van der Waals surface area contributed by atoms with Gasteiger partial charge in [0.15, 0.2) is 0 Å². The Morgan fingerprint density at radius 3 is 2.14 bits per heavy atom. The standard InChI is InChI=1S/C26H23ClN4O4/c1-15-10-16(2)12-20(11-15)29-25(33)26(34)30-31-22-9-4-18(27)13-17(22)14-23(31)24(32)28-19-5-7-21(35-3)8-6-19/h4-14H,1-3H3,(H,28,32)(H,29,33)(H,30,34). The molecule has 0 radical (unpaired) electrons. The van der Waals surface area contributed by atoms with Gasteiger partial charge < -0.3 is 15.4 Å². The molecular formula is C26H23ClN4O4. The van der Waals surface area contributed by atoms with Crippen LogP contribution in [0, 0.1) is 13.8 Å². The largest absolute Gasteiger partial charge is 0.497 e. The van der Waals surface area contributed by atoms with E-state index >= 15 is 0 Å². The van der Waals surface area contributed by atoms with Gasteiger partial charge in [0.05, 0.1) is 12.6 Å². The van der Waals surface area contributed by atoms with Gasteiger partial charge in [-0.25, -0.2) is 4.68 Å². The molecule has 0 atom stereocenters. The number of fused-ring (bicyclic) bond motifs is 1. The van der Waals surface area contributed by atoms with Crippen molar-refractivity contribution in [2.75, 3.05) is 23.2 Å². The quantitative estimate of drug-likeness (QED) is 0.347. The lowest BCUT2D eigenvalue weighted by molar-refractivity contribution is -0.133. The van der Waals surface area contributed by atoms with E-state index in [0.29, 0.717) is 33.0 Å². The first-order chi connectivity index (χ1) is 16.7. The van der Waals surface area contributed by atoms with E-state index in [0.717, 1.165) is 11.1 Å².